The highest BCUT2D eigenvalue weighted by molar-refractivity contribution is 5.89. The summed E-state index contributed by atoms with van der Waals surface area (Å²) in [5.74, 6) is -2.98. The van der Waals surface area contributed by atoms with Crippen molar-refractivity contribution in [3.05, 3.63) is 35.9 Å². The van der Waals surface area contributed by atoms with E-state index in [1.807, 2.05) is 0 Å². The molecule has 2 fully saturated rings. The van der Waals surface area contributed by atoms with Crippen molar-refractivity contribution in [1.29, 1.82) is 0 Å². The van der Waals surface area contributed by atoms with Gasteiger partial charge in [-0.15, -0.1) is 0 Å². The second-order valence-corrected chi connectivity index (χ2v) is 6.12. The monoisotopic (exact) mass is 324 g/mol. The van der Waals surface area contributed by atoms with E-state index in [-0.39, 0.29) is 6.61 Å². The number of carbonyl (C=O) groups excluding carboxylic acids is 1. The first-order valence-corrected chi connectivity index (χ1v) is 7.44. The SMILES string of the molecule is CC1(C)OCC2(O[C@@H](CO)[C@H](O)[C@H]2OC(=O)c2ccccc2)O1. The first kappa shape index (κ1) is 16.4. The predicted octanol–water partition coefficient (Wildman–Crippen LogP) is 0.443. The van der Waals surface area contributed by atoms with Crippen LogP contribution in [0.5, 0.6) is 0 Å². The summed E-state index contributed by atoms with van der Waals surface area (Å²) in [5.41, 5.74) is 0.348. The number of aliphatic hydroxyl groups is 2. The van der Waals surface area contributed by atoms with E-state index >= 15 is 0 Å². The molecular formula is C16H20O7. The number of esters is 1. The minimum atomic E-state index is -1.43. The highest BCUT2D eigenvalue weighted by Gasteiger charge is 2.63. The van der Waals surface area contributed by atoms with Crippen LogP contribution in [0.15, 0.2) is 30.3 Å². The molecule has 1 unspecified atom stereocenters. The Balaban J connectivity index is 1.84. The molecular weight excluding hydrogens is 304 g/mol. The molecule has 126 valence electrons. The van der Waals surface area contributed by atoms with Gasteiger partial charge in [-0.2, -0.15) is 0 Å². The lowest BCUT2D eigenvalue weighted by atomic mass is 10.1. The van der Waals surface area contributed by atoms with Crippen molar-refractivity contribution in [2.75, 3.05) is 13.2 Å². The summed E-state index contributed by atoms with van der Waals surface area (Å²) in [7, 11) is 0. The third-order valence-corrected chi connectivity index (χ3v) is 3.94. The van der Waals surface area contributed by atoms with Crippen LogP contribution < -0.4 is 0 Å². The molecule has 0 saturated carbocycles. The molecule has 7 nitrogen and oxygen atoms in total. The molecule has 23 heavy (non-hydrogen) atoms. The van der Waals surface area contributed by atoms with Crippen LogP contribution in [0.1, 0.15) is 24.2 Å². The van der Waals surface area contributed by atoms with E-state index < -0.39 is 42.5 Å². The van der Waals surface area contributed by atoms with Gasteiger partial charge in [-0.05, 0) is 26.0 Å². The molecule has 4 atom stereocenters. The number of hydrogen-bond acceptors (Lipinski definition) is 7. The molecule has 0 bridgehead atoms. The van der Waals surface area contributed by atoms with Crippen molar-refractivity contribution in [3.63, 3.8) is 0 Å². The summed E-state index contributed by atoms with van der Waals surface area (Å²) in [6, 6.07) is 8.42. The molecule has 1 spiro atoms. The fraction of sp³-hybridized carbons (Fsp3) is 0.562. The van der Waals surface area contributed by atoms with Crippen LogP contribution in [0.4, 0.5) is 0 Å². The maximum absolute atomic E-state index is 12.3. The summed E-state index contributed by atoms with van der Waals surface area (Å²) >= 11 is 0. The Morgan fingerprint density at radius 2 is 2.04 bits per heavy atom. The molecule has 2 saturated heterocycles. The lowest BCUT2D eigenvalue weighted by Crippen LogP contribution is -2.49. The zero-order valence-corrected chi connectivity index (χ0v) is 13.0. The van der Waals surface area contributed by atoms with Gasteiger partial charge in [0.2, 0.25) is 5.79 Å². The van der Waals surface area contributed by atoms with E-state index in [2.05, 4.69) is 0 Å². The minimum absolute atomic E-state index is 0.0136. The summed E-state index contributed by atoms with van der Waals surface area (Å²) < 4.78 is 22.3. The van der Waals surface area contributed by atoms with Gasteiger partial charge in [0.1, 0.15) is 18.8 Å². The molecule has 1 aromatic carbocycles. The highest BCUT2D eigenvalue weighted by atomic mass is 16.9. The van der Waals surface area contributed by atoms with E-state index in [1.165, 1.54) is 0 Å². The Labute approximate surface area is 133 Å². The van der Waals surface area contributed by atoms with Crippen molar-refractivity contribution in [2.45, 2.75) is 43.7 Å². The van der Waals surface area contributed by atoms with Crippen molar-refractivity contribution >= 4 is 5.97 Å². The molecule has 1 aromatic rings. The van der Waals surface area contributed by atoms with Crippen molar-refractivity contribution in [1.82, 2.24) is 0 Å². The third-order valence-electron chi connectivity index (χ3n) is 3.94. The number of ether oxygens (including phenoxy) is 4. The summed E-state index contributed by atoms with van der Waals surface area (Å²) in [4.78, 5) is 12.3. The predicted molar refractivity (Wildman–Crippen MR) is 77.5 cm³/mol. The second kappa shape index (κ2) is 5.85. The van der Waals surface area contributed by atoms with E-state index in [4.69, 9.17) is 18.9 Å². The van der Waals surface area contributed by atoms with Crippen LogP contribution in [-0.2, 0) is 18.9 Å². The van der Waals surface area contributed by atoms with Crippen LogP contribution in [-0.4, -0.2) is 59.3 Å². The van der Waals surface area contributed by atoms with Gasteiger partial charge in [0.25, 0.3) is 0 Å². The Morgan fingerprint density at radius 3 is 2.61 bits per heavy atom. The first-order valence-electron chi connectivity index (χ1n) is 7.44. The smallest absolute Gasteiger partial charge is 0.338 e. The van der Waals surface area contributed by atoms with Crippen molar-refractivity contribution in [2.24, 2.45) is 0 Å². The normalized spacial score (nSPS) is 35.6. The van der Waals surface area contributed by atoms with Crippen LogP contribution in [0.3, 0.4) is 0 Å². The molecule has 7 heteroatoms. The van der Waals surface area contributed by atoms with Gasteiger partial charge < -0.3 is 29.2 Å². The Bertz CT molecular complexity index is 573. The van der Waals surface area contributed by atoms with Gasteiger partial charge >= 0.3 is 5.97 Å². The van der Waals surface area contributed by atoms with Gasteiger partial charge in [-0.25, -0.2) is 4.79 Å². The molecule has 0 aliphatic carbocycles. The van der Waals surface area contributed by atoms with E-state index in [1.54, 1.807) is 44.2 Å². The van der Waals surface area contributed by atoms with Gasteiger partial charge in [-0.1, -0.05) is 18.2 Å². The van der Waals surface area contributed by atoms with Gasteiger partial charge in [-0.3, -0.25) is 0 Å². The van der Waals surface area contributed by atoms with Crippen molar-refractivity contribution < 1.29 is 34.0 Å². The highest BCUT2D eigenvalue weighted by Crippen LogP contribution is 2.43. The topological polar surface area (TPSA) is 94.5 Å². The van der Waals surface area contributed by atoms with E-state index in [9.17, 15) is 15.0 Å². The number of rotatable bonds is 3. The molecule has 2 N–H and O–H groups in total. The largest absolute Gasteiger partial charge is 0.450 e. The molecule has 0 radical (unpaired) electrons. The van der Waals surface area contributed by atoms with Crippen LogP contribution in [0.25, 0.3) is 0 Å². The average molecular weight is 324 g/mol. The molecule has 0 aromatic heterocycles. The Kier molecular flexibility index (Phi) is 4.16. The maximum atomic E-state index is 12.3. The maximum Gasteiger partial charge on any atom is 0.338 e. The molecule has 2 aliphatic heterocycles. The summed E-state index contributed by atoms with van der Waals surface area (Å²) in [6.07, 6.45) is -3.24. The van der Waals surface area contributed by atoms with Crippen LogP contribution in [0, 0.1) is 0 Å². The number of carbonyl (C=O) groups is 1. The number of benzene rings is 1. The minimum Gasteiger partial charge on any atom is -0.450 e. The first-order chi connectivity index (χ1) is 10.9. The van der Waals surface area contributed by atoms with Gasteiger partial charge in [0.05, 0.1) is 12.2 Å². The van der Waals surface area contributed by atoms with Gasteiger partial charge in [0.15, 0.2) is 11.9 Å². The lowest BCUT2D eigenvalue weighted by molar-refractivity contribution is -0.269. The van der Waals surface area contributed by atoms with Crippen LogP contribution in [0.2, 0.25) is 0 Å². The Hall–Kier alpha value is -1.51. The molecule has 2 heterocycles. The summed E-state index contributed by atoms with van der Waals surface area (Å²) in [5, 5.41) is 19.7. The quantitative estimate of drug-likeness (QED) is 0.779. The standard InChI is InChI=1S/C16H20O7/c1-15(2)20-9-16(23-15)13(12(18)11(8-17)22-16)21-14(19)10-6-4-3-5-7-10/h3-7,11-13,17-18H,8-9H2,1-2H3/t11-,12-,13+,16?/m0/s1. The number of hydrogen-bond donors (Lipinski definition) is 2. The molecule has 3 rings (SSSR count). The fourth-order valence-corrected chi connectivity index (χ4v) is 2.86. The van der Waals surface area contributed by atoms with E-state index in [0.29, 0.717) is 5.56 Å². The lowest BCUT2D eigenvalue weighted by Gasteiger charge is -2.29. The van der Waals surface area contributed by atoms with Crippen molar-refractivity contribution in [3.8, 4) is 0 Å². The van der Waals surface area contributed by atoms with Crippen LogP contribution >= 0.6 is 0 Å². The average Bonchev–Trinajstić information content (AvgIpc) is 2.98. The third kappa shape index (κ3) is 2.98. The summed E-state index contributed by atoms with van der Waals surface area (Å²) in [6.45, 7) is 2.95. The van der Waals surface area contributed by atoms with E-state index in [0.717, 1.165) is 0 Å². The zero-order chi connectivity index (χ0) is 16.7. The number of aliphatic hydroxyl groups excluding tert-OH is 2. The molecule has 0 amide bonds. The fourth-order valence-electron chi connectivity index (χ4n) is 2.86. The zero-order valence-electron chi connectivity index (χ0n) is 13.0. The van der Waals surface area contributed by atoms with Gasteiger partial charge in [0, 0.05) is 0 Å². The Morgan fingerprint density at radius 1 is 1.35 bits per heavy atom. The molecule has 2 aliphatic rings. The second-order valence-electron chi connectivity index (χ2n) is 6.12.